The van der Waals surface area contributed by atoms with Crippen LogP contribution in [0.15, 0.2) is 127 Å². The maximum Gasteiger partial charge on any atom is 0.246 e. The van der Waals surface area contributed by atoms with Crippen LogP contribution in [0.4, 0.5) is 17.1 Å². The minimum atomic E-state index is -0.113. The Balaban J connectivity index is 1.35. The van der Waals surface area contributed by atoms with E-state index in [1.165, 1.54) is 83.2 Å². The Kier molecular flexibility index (Phi) is 6.51. The van der Waals surface area contributed by atoms with E-state index in [9.17, 15) is 0 Å². The molecule has 0 saturated heterocycles. The zero-order valence-corrected chi connectivity index (χ0v) is 30.6. The number of benzene rings is 6. The van der Waals surface area contributed by atoms with Crippen LogP contribution in [0.5, 0.6) is 0 Å². The van der Waals surface area contributed by atoms with Gasteiger partial charge in [-0.1, -0.05) is 140 Å². The third kappa shape index (κ3) is 4.42. The molecule has 0 saturated carbocycles. The molecule has 3 heterocycles. The molecule has 7 aromatic rings. The van der Waals surface area contributed by atoms with Gasteiger partial charge in [-0.2, -0.15) is 0 Å². The van der Waals surface area contributed by atoms with Gasteiger partial charge in [-0.3, -0.25) is 0 Å². The summed E-state index contributed by atoms with van der Waals surface area (Å²) in [6.45, 7) is 18.7. The van der Waals surface area contributed by atoms with Crippen LogP contribution in [0.2, 0.25) is 0 Å². The van der Waals surface area contributed by atoms with E-state index in [0.29, 0.717) is 0 Å². The SMILES string of the molecule is CC(C)(C)c1ccc2c(c1)c1cc(C(C)(C)C)ccc1n2-c1ccc2c(c1)B(c1ccccc1)c1cccc3c1N2c1ccccc1C3(C)C. The maximum absolute atomic E-state index is 2.56. The Labute approximate surface area is 297 Å². The molecule has 0 radical (unpaired) electrons. The first-order valence-corrected chi connectivity index (χ1v) is 18.2. The van der Waals surface area contributed by atoms with Crippen LogP contribution in [0.3, 0.4) is 0 Å². The molecule has 2 aliphatic heterocycles. The Morgan fingerprint density at radius 1 is 0.520 bits per heavy atom. The highest BCUT2D eigenvalue weighted by molar-refractivity contribution is 6.98. The van der Waals surface area contributed by atoms with Crippen LogP contribution < -0.4 is 21.3 Å². The van der Waals surface area contributed by atoms with Crippen molar-refractivity contribution >= 4 is 62.0 Å². The number of anilines is 3. The van der Waals surface area contributed by atoms with E-state index in [4.69, 9.17) is 0 Å². The van der Waals surface area contributed by atoms with Crippen LogP contribution in [0.25, 0.3) is 27.5 Å². The summed E-state index contributed by atoms with van der Waals surface area (Å²) >= 11 is 0. The van der Waals surface area contributed by atoms with Crippen molar-refractivity contribution in [2.24, 2.45) is 0 Å². The average molecular weight is 649 g/mol. The number of nitrogens with zero attached hydrogens (tertiary/aromatic N) is 2. The molecular weight excluding hydrogens is 603 g/mol. The van der Waals surface area contributed by atoms with Crippen molar-refractivity contribution < 1.29 is 0 Å². The highest BCUT2D eigenvalue weighted by Gasteiger charge is 2.44. The molecule has 0 spiro atoms. The summed E-state index contributed by atoms with van der Waals surface area (Å²) in [7, 11) is 0. The molecule has 0 amide bonds. The smallest absolute Gasteiger partial charge is 0.246 e. The number of aromatic nitrogens is 1. The van der Waals surface area contributed by atoms with Crippen molar-refractivity contribution in [1.29, 1.82) is 0 Å². The average Bonchev–Trinajstić information content (AvgIpc) is 3.42. The number of rotatable bonds is 2. The highest BCUT2D eigenvalue weighted by Crippen LogP contribution is 2.52. The molecule has 1 aromatic heterocycles. The molecule has 0 fully saturated rings. The minimum absolute atomic E-state index is 0.0600. The molecule has 0 unspecified atom stereocenters. The number of hydrogen-bond donors (Lipinski definition) is 0. The molecule has 2 aliphatic rings. The van der Waals surface area contributed by atoms with Gasteiger partial charge in [0.15, 0.2) is 0 Å². The second kappa shape index (κ2) is 10.5. The second-order valence-corrected chi connectivity index (χ2v) is 17.1. The normalized spacial score (nSPS) is 14.9. The van der Waals surface area contributed by atoms with Crippen LogP contribution in [-0.4, -0.2) is 11.3 Å². The van der Waals surface area contributed by atoms with Crippen LogP contribution >= 0.6 is 0 Å². The molecule has 2 nitrogen and oxygen atoms in total. The van der Waals surface area contributed by atoms with E-state index in [-0.39, 0.29) is 23.0 Å². The lowest BCUT2D eigenvalue weighted by Gasteiger charge is -2.47. The molecular formula is C47H45BN2. The van der Waals surface area contributed by atoms with Gasteiger partial charge in [0.1, 0.15) is 0 Å². The first kappa shape index (κ1) is 31.0. The van der Waals surface area contributed by atoms with Crippen LogP contribution in [0, 0.1) is 0 Å². The van der Waals surface area contributed by atoms with Crippen molar-refractivity contribution in [2.45, 2.75) is 71.6 Å². The third-order valence-corrected chi connectivity index (χ3v) is 11.5. The summed E-state index contributed by atoms with van der Waals surface area (Å²) in [6.07, 6.45) is 0. The maximum atomic E-state index is 2.56. The fourth-order valence-corrected chi connectivity index (χ4v) is 8.78. The van der Waals surface area contributed by atoms with E-state index >= 15 is 0 Å². The van der Waals surface area contributed by atoms with Gasteiger partial charge in [-0.25, -0.2) is 0 Å². The third-order valence-electron chi connectivity index (χ3n) is 11.5. The Morgan fingerprint density at radius 3 is 1.76 bits per heavy atom. The van der Waals surface area contributed by atoms with Crippen molar-refractivity contribution in [3.8, 4) is 5.69 Å². The van der Waals surface area contributed by atoms with E-state index < -0.39 is 0 Å². The molecule has 0 N–H and O–H groups in total. The zero-order chi connectivity index (χ0) is 34.7. The standard InChI is InChI=1S/C47H45BN2/c1-45(2,3)30-21-24-40-34(27-30)35-28-31(46(4,5)6)22-25-41(35)49(40)33-23-26-43-39(29-33)48(32-15-10-9-11-16-32)38-19-14-18-37-44(38)50(43)42-20-13-12-17-36(42)47(37,7)8/h9-29H,1-8H3. The summed E-state index contributed by atoms with van der Waals surface area (Å²) in [5, 5.41) is 2.64. The highest BCUT2D eigenvalue weighted by atomic mass is 15.2. The Bertz CT molecular complexity index is 2420. The summed E-state index contributed by atoms with van der Waals surface area (Å²) in [5.41, 5.74) is 17.1. The number of para-hydroxylation sites is 2. The molecule has 246 valence electrons. The Morgan fingerprint density at radius 2 is 1.12 bits per heavy atom. The van der Waals surface area contributed by atoms with Gasteiger partial charge in [0, 0.05) is 33.2 Å². The first-order chi connectivity index (χ1) is 23.8. The molecule has 0 aliphatic carbocycles. The number of hydrogen-bond acceptors (Lipinski definition) is 1. The van der Waals surface area contributed by atoms with Crippen LogP contribution in [-0.2, 0) is 16.2 Å². The topological polar surface area (TPSA) is 8.17 Å². The van der Waals surface area contributed by atoms with Crippen molar-refractivity contribution in [3.63, 3.8) is 0 Å². The molecule has 0 atom stereocenters. The van der Waals surface area contributed by atoms with Crippen molar-refractivity contribution in [1.82, 2.24) is 4.57 Å². The van der Waals surface area contributed by atoms with E-state index in [1.54, 1.807) is 0 Å². The van der Waals surface area contributed by atoms with Crippen LogP contribution in [0.1, 0.15) is 77.6 Å². The molecule has 0 bridgehead atoms. The zero-order valence-electron chi connectivity index (χ0n) is 30.6. The predicted molar refractivity (Wildman–Crippen MR) is 216 cm³/mol. The van der Waals surface area contributed by atoms with E-state index in [0.717, 1.165) is 0 Å². The monoisotopic (exact) mass is 648 g/mol. The second-order valence-electron chi connectivity index (χ2n) is 17.1. The fourth-order valence-electron chi connectivity index (χ4n) is 8.78. The molecule has 6 aromatic carbocycles. The van der Waals surface area contributed by atoms with E-state index in [2.05, 4.69) is 192 Å². The lowest BCUT2D eigenvalue weighted by Crippen LogP contribution is -2.58. The summed E-state index contributed by atoms with van der Waals surface area (Å²) in [5.74, 6) is 0. The summed E-state index contributed by atoms with van der Waals surface area (Å²) in [6, 6.07) is 48.6. The van der Waals surface area contributed by atoms with E-state index in [1.807, 2.05) is 0 Å². The minimum Gasteiger partial charge on any atom is -0.311 e. The van der Waals surface area contributed by atoms with Gasteiger partial charge in [-0.15, -0.1) is 0 Å². The number of fused-ring (bicyclic) bond motifs is 7. The quantitative estimate of drug-likeness (QED) is 0.169. The van der Waals surface area contributed by atoms with Gasteiger partial charge in [-0.05, 0) is 92.5 Å². The van der Waals surface area contributed by atoms with Gasteiger partial charge in [0.25, 0.3) is 0 Å². The molecule has 9 rings (SSSR count). The Hall–Kier alpha value is -5.02. The van der Waals surface area contributed by atoms with Gasteiger partial charge < -0.3 is 9.47 Å². The largest absolute Gasteiger partial charge is 0.311 e. The summed E-state index contributed by atoms with van der Waals surface area (Å²) in [4.78, 5) is 2.56. The lowest BCUT2D eigenvalue weighted by atomic mass is 9.34. The van der Waals surface area contributed by atoms with Gasteiger partial charge in [0.2, 0.25) is 6.71 Å². The van der Waals surface area contributed by atoms with Crippen molar-refractivity contribution in [3.05, 3.63) is 150 Å². The molecule has 50 heavy (non-hydrogen) atoms. The van der Waals surface area contributed by atoms with Crippen molar-refractivity contribution in [2.75, 3.05) is 4.90 Å². The van der Waals surface area contributed by atoms with Gasteiger partial charge >= 0.3 is 0 Å². The summed E-state index contributed by atoms with van der Waals surface area (Å²) < 4.78 is 2.51. The first-order valence-electron chi connectivity index (χ1n) is 18.2. The predicted octanol–water partition coefficient (Wildman–Crippen LogP) is 10.3. The lowest BCUT2D eigenvalue weighted by molar-refractivity contribution is 0.590. The van der Waals surface area contributed by atoms with Gasteiger partial charge in [0.05, 0.1) is 16.7 Å². The fraction of sp³-hybridized carbons (Fsp3) is 0.234. The molecule has 3 heteroatoms.